The minimum atomic E-state index is 0.307. The standard InChI is InChI=1S/C13H13NO2/c1-16-12-4-2-3-9-11(15)7-10-8(13(9)12)5-6-14-10/h2-4,7,14-15H,5-6H2,1H3. The molecule has 0 aromatic heterocycles. The third kappa shape index (κ3) is 1.14. The molecule has 3 rings (SSSR count). The number of phenolic OH excluding ortho intramolecular Hbond substituents is 1. The van der Waals surface area contributed by atoms with Crippen molar-refractivity contribution in [2.24, 2.45) is 0 Å². The van der Waals surface area contributed by atoms with E-state index in [2.05, 4.69) is 5.32 Å². The van der Waals surface area contributed by atoms with E-state index in [0.29, 0.717) is 5.75 Å². The number of benzene rings is 2. The highest BCUT2D eigenvalue weighted by Gasteiger charge is 2.18. The maximum Gasteiger partial charge on any atom is 0.127 e. The minimum Gasteiger partial charge on any atom is -0.507 e. The highest BCUT2D eigenvalue weighted by Crippen LogP contribution is 2.40. The van der Waals surface area contributed by atoms with Crippen LogP contribution < -0.4 is 10.1 Å². The van der Waals surface area contributed by atoms with E-state index in [0.717, 1.165) is 35.2 Å². The summed E-state index contributed by atoms with van der Waals surface area (Å²) in [5.74, 6) is 1.13. The van der Waals surface area contributed by atoms with E-state index in [1.807, 2.05) is 18.2 Å². The van der Waals surface area contributed by atoms with Crippen molar-refractivity contribution in [3.05, 3.63) is 29.8 Å². The Bertz CT molecular complexity index is 563. The fourth-order valence-electron chi connectivity index (χ4n) is 2.40. The van der Waals surface area contributed by atoms with Gasteiger partial charge in [-0.1, -0.05) is 12.1 Å². The summed E-state index contributed by atoms with van der Waals surface area (Å²) in [5, 5.41) is 15.1. The molecule has 1 aliphatic rings. The van der Waals surface area contributed by atoms with Gasteiger partial charge >= 0.3 is 0 Å². The topological polar surface area (TPSA) is 41.5 Å². The van der Waals surface area contributed by atoms with Gasteiger partial charge < -0.3 is 15.2 Å². The van der Waals surface area contributed by atoms with Crippen LogP contribution in [0.3, 0.4) is 0 Å². The molecule has 0 radical (unpaired) electrons. The van der Waals surface area contributed by atoms with E-state index in [4.69, 9.17) is 4.74 Å². The zero-order chi connectivity index (χ0) is 11.1. The number of phenols is 1. The van der Waals surface area contributed by atoms with Crippen LogP contribution in [-0.4, -0.2) is 18.8 Å². The quantitative estimate of drug-likeness (QED) is 0.768. The molecule has 0 unspecified atom stereocenters. The third-order valence-electron chi connectivity index (χ3n) is 3.12. The van der Waals surface area contributed by atoms with Gasteiger partial charge in [-0.2, -0.15) is 0 Å². The number of ether oxygens (including phenoxy) is 1. The number of hydrogen-bond donors (Lipinski definition) is 2. The number of anilines is 1. The van der Waals surface area contributed by atoms with E-state index >= 15 is 0 Å². The van der Waals surface area contributed by atoms with E-state index in [1.165, 1.54) is 5.56 Å². The van der Waals surface area contributed by atoms with E-state index in [9.17, 15) is 5.11 Å². The van der Waals surface area contributed by atoms with Gasteiger partial charge in [0.05, 0.1) is 7.11 Å². The van der Waals surface area contributed by atoms with Crippen molar-refractivity contribution in [3.8, 4) is 11.5 Å². The number of rotatable bonds is 1. The highest BCUT2D eigenvalue weighted by atomic mass is 16.5. The van der Waals surface area contributed by atoms with Gasteiger partial charge in [-0.25, -0.2) is 0 Å². The van der Waals surface area contributed by atoms with Crippen molar-refractivity contribution in [2.45, 2.75) is 6.42 Å². The zero-order valence-electron chi connectivity index (χ0n) is 9.08. The Hall–Kier alpha value is -1.90. The van der Waals surface area contributed by atoms with Gasteiger partial charge in [0.2, 0.25) is 0 Å². The first kappa shape index (κ1) is 9.33. The fraction of sp³-hybridized carbons (Fsp3) is 0.231. The van der Waals surface area contributed by atoms with Crippen LogP contribution in [0.25, 0.3) is 10.8 Å². The van der Waals surface area contributed by atoms with Crippen LogP contribution in [0.2, 0.25) is 0 Å². The maximum atomic E-state index is 9.96. The van der Waals surface area contributed by atoms with Crippen molar-refractivity contribution in [1.29, 1.82) is 0 Å². The Kier molecular flexibility index (Phi) is 1.93. The summed E-state index contributed by atoms with van der Waals surface area (Å²) >= 11 is 0. The van der Waals surface area contributed by atoms with Gasteiger partial charge in [-0.05, 0) is 18.1 Å². The molecule has 2 N–H and O–H groups in total. The summed E-state index contributed by atoms with van der Waals surface area (Å²) in [6.07, 6.45) is 0.979. The Morgan fingerprint density at radius 3 is 3.06 bits per heavy atom. The van der Waals surface area contributed by atoms with Crippen molar-refractivity contribution in [2.75, 3.05) is 19.0 Å². The zero-order valence-corrected chi connectivity index (χ0v) is 9.08. The third-order valence-corrected chi connectivity index (χ3v) is 3.12. The first-order valence-electron chi connectivity index (χ1n) is 5.36. The average Bonchev–Trinajstić information content (AvgIpc) is 2.76. The smallest absolute Gasteiger partial charge is 0.127 e. The van der Waals surface area contributed by atoms with Crippen LogP contribution in [0.15, 0.2) is 24.3 Å². The molecule has 0 saturated carbocycles. The summed E-state index contributed by atoms with van der Waals surface area (Å²) in [4.78, 5) is 0. The summed E-state index contributed by atoms with van der Waals surface area (Å²) < 4.78 is 5.37. The highest BCUT2D eigenvalue weighted by molar-refractivity contribution is 5.99. The molecule has 0 bridgehead atoms. The van der Waals surface area contributed by atoms with Crippen molar-refractivity contribution in [3.63, 3.8) is 0 Å². The lowest BCUT2D eigenvalue weighted by molar-refractivity contribution is 0.419. The molecule has 2 aromatic carbocycles. The largest absolute Gasteiger partial charge is 0.507 e. The monoisotopic (exact) mass is 215 g/mol. The Morgan fingerprint density at radius 2 is 2.25 bits per heavy atom. The number of aromatic hydroxyl groups is 1. The molecule has 0 amide bonds. The lowest BCUT2D eigenvalue weighted by Crippen LogP contribution is -1.90. The second kappa shape index (κ2) is 3.30. The molecule has 3 heteroatoms. The molecule has 1 heterocycles. The minimum absolute atomic E-state index is 0.307. The van der Waals surface area contributed by atoms with Crippen LogP contribution in [0.5, 0.6) is 11.5 Å². The molecule has 0 aliphatic carbocycles. The number of hydrogen-bond acceptors (Lipinski definition) is 3. The molecule has 0 spiro atoms. The molecule has 2 aromatic rings. The second-order valence-electron chi connectivity index (χ2n) is 3.98. The predicted molar refractivity (Wildman–Crippen MR) is 64.4 cm³/mol. The number of methoxy groups -OCH3 is 1. The van der Waals surface area contributed by atoms with Crippen LogP contribution in [0.4, 0.5) is 5.69 Å². The second-order valence-corrected chi connectivity index (χ2v) is 3.98. The summed E-state index contributed by atoms with van der Waals surface area (Å²) in [5.41, 5.74) is 2.26. The predicted octanol–water partition coefficient (Wildman–Crippen LogP) is 2.52. The average molecular weight is 215 g/mol. The summed E-state index contributed by atoms with van der Waals surface area (Å²) in [6.45, 7) is 0.923. The molecule has 16 heavy (non-hydrogen) atoms. The lowest BCUT2D eigenvalue weighted by atomic mass is 10.0. The van der Waals surface area contributed by atoms with Crippen LogP contribution in [0, 0.1) is 0 Å². The first-order valence-corrected chi connectivity index (χ1v) is 5.36. The normalized spacial score (nSPS) is 13.6. The molecule has 0 fully saturated rings. The van der Waals surface area contributed by atoms with Crippen molar-refractivity contribution < 1.29 is 9.84 Å². The Morgan fingerprint density at radius 1 is 1.38 bits per heavy atom. The molecule has 3 nitrogen and oxygen atoms in total. The molecular formula is C13H13NO2. The van der Waals surface area contributed by atoms with Crippen LogP contribution in [-0.2, 0) is 6.42 Å². The number of nitrogens with one attached hydrogen (secondary N) is 1. The lowest BCUT2D eigenvalue weighted by Gasteiger charge is -2.11. The fourth-order valence-corrected chi connectivity index (χ4v) is 2.40. The van der Waals surface area contributed by atoms with E-state index in [-0.39, 0.29) is 0 Å². The van der Waals surface area contributed by atoms with Gasteiger partial charge in [0.1, 0.15) is 11.5 Å². The van der Waals surface area contributed by atoms with Crippen LogP contribution in [0.1, 0.15) is 5.56 Å². The van der Waals surface area contributed by atoms with E-state index < -0.39 is 0 Å². The Labute approximate surface area is 93.7 Å². The molecule has 82 valence electrons. The molecular weight excluding hydrogens is 202 g/mol. The van der Waals surface area contributed by atoms with Gasteiger partial charge in [0.15, 0.2) is 0 Å². The summed E-state index contributed by atoms with van der Waals surface area (Å²) in [6, 6.07) is 7.55. The van der Waals surface area contributed by atoms with Gasteiger partial charge in [0, 0.05) is 29.1 Å². The molecule has 0 atom stereocenters. The van der Waals surface area contributed by atoms with Crippen molar-refractivity contribution >= 4 is 16.5 Å². The number of fused-ring (bicyclic) bond motifs is 3. The first-order chi connectivity index (χ1) is 7.81. The van der Waals surface area contributed by atoms with Crippen molar-refractivity contribution in [1.82, 2.24) is 0 Å². The van der Waals surface area contributed by atoms with Gasteiger partial charge in [-0.15, -0.1) is 0 Å². The maximum absolute atomic E-state index is 9.96. The molecule has 1 aliphatic heterocycles. The summed E-state index contributed by atoms with van der Waals surface area (Å²) in [7, 11) is 1.66. The van der Waals surface area contributed by atoms with Gasteiger partial charge in [-0.3, -0.25) is 0 Å². The SMILES string of the molecule is COc1cccc2c(O)cc3c(c12)CCN3. The Balaban J connectivity index is 2.46. The molecule has 0 saturated heterocycles. The van der Waals surface area contributed by atoms with Gasteiger partial charge in [0.25, 0.3) is 0 Å². The van der Waals surface area contributed by atoms with Crippen LogP contribution >= 0.6 is 0 Å². The van der Waals surface area contributed by atoms with E-state index in [1.54, 1.807) is 13.2 Å².